The van der Waals surface area contributed by atoms with E-state index in [4.69, 9.17) is 16.3 Å². The Labute approximate surface area is 118 Å². The van der Waals surface area contributed by atoms with E-state index in [1.807, 2.05) is 6.07 Å². The standard InChI is InChI=1S/C14H19ClN2O2/c1-16-13-3-2-11(15)8-12(13)14(18)17-6-4-10-5-7-19-9-10/h2-3,8,10,16H,4-7,9H2,1H3,(H,17,18). The molecule has 1 aliphatic heterocycles. The van der Waals surface area contributed by atoms with Crippen LogP contribution >= 0.6 is 11.6 Å². The van der Waals surface area contributed by atoms with Crippen molar-refractivity contribution in [3.05, 3.63) is 28.8 Å². The first kappa shape index (κ1) is 14.2. The maximum atomic E-state index is 12.1. The van der Waals surface area contributed by atoms with Crippen molar-refractivity contribution in [1.29, 1.82) is 0 Å². The van der Waals surface area contributed by atoms with Gasteiger partial charge in [0.2, 0.25) is 0 Å². The van der Waals surface area contributed by atoms with E-state index >= 15 is 0 Å². The molecule has 1 unspecified atom stereocenters. The van der Waals surface area contributed by atoms with Gasteiger partial charge in [-0.25, -0.2) is 0 Å². The molecule has 0 aromatic heterocycles. The Balaban J connectivity index is 1.89. The second-order valence-corrected chi connectivity index (χ2v) is 5.15. The molecule has 1 saturated heterocycles. The van der Waals surface area contributed by atoms with Crippen LogP contribution < -0.4 is 10.6 Å². The molecule has 2 N–H and O–H groups in total. The van der Waals surface area contributed by atoms with E-state index in [-0.39, 0.29) is 5.91 Å². The summed E-state index contributed by atoms with van der Waals surface area (Å²) in [6, 6.07) is 5.25. The predicted molar refractivity (Wildman–Crippen MR) is 76.9 cm³/mol. The molecule has 0 radical (unpaired) electrons. The minimum atomic E-state index is -0.0919. The number of anilines is 1. The van der Waals surface area contributed by atoms with Gasteiger partial charge < -0.3 is 15.4 Å². The molecule has 19 heavy (non-hydrogen) atoms. The fourth-order valence-corrected chi connectivity index (χ4v) is 2.39. The van der Waals surface area contributed by atoms with Gasteiger partial charge in [0.15, 0.2) is 0 Å². The van der Waals surface area contributed by atoms with E-state index in [0.717, 1.165) is 31.7 Å². The minimum absolute atomic E-state index is 0.0919. The van der Waals surface area contributed by atoms with Crippen molar-refractivity contribution in [2.24, 2.45) is 5.92 Å². The average Bonchev–Trinajstić information content (AvgIpc) is 2.91. The smallest absolute Gasteiger partial charge is 0.253 e. The van der Waals surface area contributed by atoms with Gasteiger partial charge in [-0.2, -0.15) is 0 Å². The molecule has 1 aromatic carbocycles. The van der Waals surface area contributed by atoms with Crippen LogP contribution in [0.2, 0.25) is 5.02 Å². The third kappa shape index (κ3) is 3.85. The van der Waals surface area contributed by atoms with Crippen LogP contribution in [-0.4, -0.2) is 32.7 Å². The van der Waals surface area contributed by atoms with Gasteiger partial charge >= 0.3 is 0 Å². The number of benzene rings is 1. The van der Waals surface area contributed by atoms with Gasteiger partial charge in [0, 0.05) is 37.5 Å². The zero-order valence-electron chi connectivity index (χ0n) is 11.0. The number of carbonyl (C=O) groups excluding carboxylic acids is 1. The Hall–Kier alpha value is -1.26. The van der Waals surface area contributed by atoms with Crippen LogP contribution in [0.4, 0.5) is 5.69 Å². The zero-order valence-corrected chi connectivity index (χ0v) is 11.8. The first-order valence-corrected chi connectivity index (χ1v) is 6.91. The summed E-state index contributed by atoms with van der Waals surface area (Å²) in [6.07, 6.45) is 2.05. The number of hydrogen-bond acceptors (Lipinski definition) is 3. The van der Waals surface area contributed by atoms with Crippen LogP contribution in [0.3, 0.4) is 0 Å². The van der Waals surface area contributed by atoms with E-state index in [1.165, 1.54) is 0 Å². The van der Waals surface area contributed by atoms with Gasteiger partial charge in [-0.15, -0.1) is 0 Å². The molecule has 0 spiro atoms. The maximum Gasteiger partial charge on any atom is 0.253 e. The van der Waals surface area contributed by atoms with Crippen LogP contribution in [0.5, 0.6) is 0 Å². The highest BCUT2D eigenvalue weighted by Crippen LogP contribution is 2.20. The summed E-state index contributed by atoms with van der Waals surface area (Å²) in [5.41, 5.74) is 1.36. The van der Waals surface area contributed by atoms with Gasteiger partial charge in [-0.3, -0.25) is 4.79 Å². The molecule has 5 heteroatoms. The van der Waals surface area contributed by atoms with E-state index in [1.54, 1.807) is 19.2 Å². The van der Waals surface area contributed by atoms with Gasteiger partial charge in [-0.1, -0.05) is 11.6 Å². The van der Waals surface area contributed by atoms with Crippen molar-refractivity contribution in [2.45, 2.75) is 12.8 Å². The van der Waals surface area contributed by atoms with E-state index < -0.39 is 0 Å². The highest BCUT2D eigenvalue weighted by atomic mass is 35.5. The summed E-state index contributed by atoms with van der Waals surface area (Å²) in [7, 11) is 1.79. The molecule has 0 saturated carbocycles. The van der Waals surface area contributed by atoms with Gasteiger partial charge in [0.25, 0.3) is 5.91 Å². The lowest BCUT2D eigenvalue weighted by atomic mass is 10.1. The lowest BCUT2D eigenvalue weighted by molar-refractivity contribution is 0.0951. The molecule has 1 amide bonds. The van der Waals surface area contributed by atoms with Crippen molar-refractivity contribution in [3.63, 3.8) is 0 Å². The highest BCUT2D eigenvalue weighted by Gasteiger charge is 2.16. The van der Waals surface area contributed by atoms with E-state index in [0.29, 0.717) is 23.0 Å². The van der Waals surface area contributed by atoms with Crippen LogP contribution in [0.15, 0.2) is 18.2 Å². The fraction of sp³-hybridized carbons (Fsp3) is 0.500. The fourth-order valence-electron chi connectivity index (χ4n) is 2.22. The number of ether oxygens (including phenoxy) is 1. The average molecular weight is 283 g/mol. The quantitative estimate of drug-likeness (QED) is 0.873. The van der Waals surface area contributed by atoms with E-state index in [2.05, 4.69) is 10.6 Å². The first-order chi connectivity index (χ1) is 9.20. The molecule has 1 aliphatic rings. The Morgan fingerprint density at radius 3 is 3.05 bits per heavy atom. The third-order valence-corrected chi connectivity index (χ3v) is 3.59. The first-order valence-electron chi connectivity index (χ1n) is 6.54. The molecular weight excluding hydrogens is 264 g/mol. The number of amides is 1. The van der Waals surface area contributed by atoms with Crippen molar-refractivity contribution < 1.29 is 9.53 Å². The SMILES string of the molecule is CNc1ccc(Cl)cc1C(=O)NCCC1CCOC1. The highest BCUT2D eigenvalue weighted by molar-refractivity contribution is 6.31. The Morgan fingerprint density at radius 1 is 1.53 bits per heavy atom. The van der Waals surface area contributed by atoms with Crippen molar-refractivity contribution in [2.75, 3.05) is 32.1 Å². The zero-order chi connectivity index (χ0) is 13.7. The molecule has 1 fully saturated rings. The normalized spacial score (nSPS) is 18.3. The van der Waals surface area contributed by atoms with Gasteiger partial charge in [0.1, 0.15) is 0 Å². The second kappa shape index (κ2) is 6.78. The van der Waals surface area contributed by atoms with Crippen LogP contribution in [-0.2, 0) is 4.74 Å². The molecule has 1 heterocycles. The van der Waals surface area contributed by atoms with E-state index in [9.17, 15) is 4.79 Å². The predicted octanol–water partition coefficient (Wildman–Crippen LogP) is 2.54. The topological polar surface area (TPSA) is 50.4 Å². The molecule has 4 nitrogen and oxygen atoms in total. The monoisotopic (exact) mass is 282 g/mol. The summed E-state index contributed by atoms with van der Waals surface area (Å²) in [4.78, 5) is 12.1. The lowest BCUT2D eigenvalue weighted by Crippen LogP contribution is -2.26. The second-order valence-electron chi connectivity index (χ2n) is 4.71. The molecule has 0 aliphatic carbocycles. The third-order valence-electron chi connectivity index (χ3n) is 3.36. The maximum absolute atomic E-state index is 12.1. The summed E-state index contributed by atoms with van der Waals surface area (Å²) >= 11 is 5.93. The summed E-state index contributed by atoms with van der Waals surface area (Å²) in [5.74, 6) is 0.481. The van der Waals surface area contributed by atoms with Crippen LogP contribution in [0, 0.1) is 5.92 Å². The molecular formula is C14H19ClN2O2. The summed E-state index contributed by atoms with van der Waals surface area (Å²) in [6.45, 7) is 2.33. The Morgan fingerprint density at radius 2 is 2.37 bits per heavy atom. The number of rotatable bonds is 5. The Kier molecular flexibility index (Phi) is 5.05. The number of carbonyl (C=O) groups is 1. The molecule has 0 bridgehead atoms. The number of nitrogens with one attached hydrogen (secondary N) is 2. The molecule has 1 atom stereocenters. The van der Waals surface area contributed by atoms with Gasteiger partial charge in [0.05, 0.1) is 5.56 Å². The van der Waals surface area contributed by atoms with Gasteiger partial charge in [-0.05, 0) is 37.0 Å². The number of halogens is 1. The Bertz CT molecular complexity index is 445. The summed E-state index contributed by atoms with van der Waals surface area (Å²) < 4.78 is 5.31. The largest absolute Gasteiger partial charge is 0.387 e. The van der Waals surface area contributed by atoms with Crippen LogP contribution in [0.1, 0.15) is 23.2 Å². The van der Waals surface area contributed by atoms with Crippen LogP contribution in [0.25, 0.3) is 0 Å². The number of hydrogen-bond donors (Lipinski definition) is 2. The van der Waals surface area contributed by atoms with Crippen molar-refractivity contribution in [1.82, 2.24) is 5.32 Å². The molecule has 104 valence electrons. The lowest BCUT2D eigenvalue weighted by Gasteiger charge is -2.12. The molecule has 1 aromatic rings. The minimum Gasteiger partial charge on any atom is -0.387 e. The van der Waals surface area contributed by atoms with Crippen molar-refractivity contribution in [3.8, 4) is 0 Å². The van der Waals surface area contributed by atoms with Crippen molar-refractivity contribution >= 4 is 23.2 Å². The summed E-state index contributed by atoms with van der Waals surface area (Å²) in [5, 5.41) is 6.49. The molecule has 2 rings (SSSR count).